The fourth-order valence-corrected chi connectivity index (χ4v) is 8.13. The zero-order chi connectivity index (χ0) is 25.3. The van der Waals surface area contributed by atoms with Crippen molar-refractivity contribution in [1.29, 1.82) is 0 Å². The molecule has 5 fully saturated rings. The molecule has 0 unspecified atom stereocenters. The number of nitrogens with one attached hydrogen (secondary N) is 2. The summed E-state index contributed by atoms with van der Waals surface area (Å²) >= 11 is 0. The van der Waals surface area contributed by atoms with Crippen LogP contribution in [0.4, 0.5) is 0 Å². The smallest absolute Gasteiger partial charge is 0.251 e. The molecule has 4 bridgehead atoms. The predicted molar refractivity (Wildman–Crippen MR) is 145 cm³/mol. The van der Waals surface area contributed by atoms with E-state index in [1.54, 1.807) is 0 Å². The standard InChI is InChI=1S/C31H47N3O2/c1-21(2)14-28(30(36)32-10-13-34-11-8-22(3)9-12-34)33-29(35)26-4-6-27(7-5-26)31-18-23-15-24(19-31)17-25(16-23)20-31/h4-7,21-25,28H,8-20H2,1-3H3,(H,32,36)(H,33,35)/t23?,24?,25?,28-,31?/m1/s1. The SMILES string of the molecule is CC(C)C[C@@H](NC(=O)c1ccc(C23CC4CC(CC(C4)C2)C3)cc1)C(=O)NCCN1CCC(C)CC1. The van der Waals surface area contributed by atoms with Crippen LogP contribution in [-0.2, 0) is 10.2 Å². The molecule has 0 aromatic heterocycles. The molecular formula is C31H47N3O2. The van der Waals surface area contributed by atoms with Gasteiger partial charge in [0.2, 0.25) is 5.91 Å². The molecular weight excluding hydrogens is 446 g/mol. The molecule has 198 valence electrons. The van der Waals surface area contributed by atoms with Crippen molar-refractivity contribution in [1.82, 2.24) is 15.5 Å². The van der Waals surface area contributed by atoms with Crippen LogP contribution < -0.4 is 10.6 Å². The second-order valence-corrected chi connectivity index (χ2v) is 13.2. The summed E-state index contributed by atoms with van der Waals surface area (Å²) in [5.41, 5.74) is 2.44. The van der Waals surface area contributed by atoms with Crippen LogP contribution in [0.5, 0.6) is 0 Å². The fraction of sp³-hybridized carbons (Fsp3) is 0.742. The van der Waals surface area contributed by atoms with E-state index in [0.717, 1.165) is 43.3 Å². The Balaban J connectivity index is 1.17. The summed E-state index contributed by atoms with van der Waals surface area (Å²) in [5, 5.41) is 6.14. The maximum Gasteiger partial charge on any atom is 0.251 e. The number of amides is 2. The summed E-state index contributed by atoms with van der Waals surface area (Å²) in [6, 6.07) is 7.90. The maximum atomic E-state index is 13.2. The van der Waals surface area contributed by atoms with Crippen LogP contribution in [0.25, 0.3) is 0 Å². The Labute approximate surface area is 218 Å². The van der Waals surface area contributed by atoms with E-state index in [1.165, 1.54) is 56.9 Å². The lowest BCUT2D eigenvalue weighted by Gasteiger charge is -2.57. The number of nitrogens with zero attached hydrogens (tertiary/aromatic N) is 1. The summed E-state index contributed by atoms with van der Waals surface area (Å²) in [6.45, 7) is 10.3. The molecule has 1 atom stereocenters. The lowest BCUT2D eigenvalue weighted by molar-refractivity contribution is -0.123. The summed E-state index contributed by atoms with van der Waals surface area (Å²) in [5.74, 6) is 3.66. The number of hydrogen-bond donors (Lipinski definition) is 2. The van der Waals surface area contributed by atoms with Gasteiger partial charge in [-0.3, -0.25) is 9.59 Å². The molecule has 5 nitrogen and oxygen atoms in total. The molecule has 1 aromatic carbocycles. The number of likely N-dealkylation sites (tertiary alicyclic amines) is 1. The molecule has 1 heterocycles. The molecule has 5 aliphatic rings. The van der Waals surface area contributed by atoms with Gasteiger partial charge in [-0.1, -0.05) is 32.9 Å². The van der Waals surface area contributed by atoms with Crippen molar-refractivity contribution in [2.24, 2.45) is 29.6 Å². The van der Waals surface area contributed by atoms with Gasteiger partial charge in [0.05, 0.1) is 0 Å². The summed E-state index contributed by atoms with van der Waals surface area (Å²) in [7, 11) is 0. The fourth-order valence-electron chi connectivity index (χ4n) is 8.13. The highest BCUT2D eigenvalue weighted by Crippen LogP contribution is 2.60. The van der Waals surface area contributed by atoms with E-state index in [4.69, 9.17) is 0 Å². The lowest BCUT2D eigenvalue weighted by Crippen LogP contribution is -2.49. The Kier molecular flexibility index (Phi) is 7.76. The highest BCUT2D eigenvalue weighted by Gasteiger charge is 2.51. The van der Waals surface area contributed by atoms with E-state index in [1.807, 2.05) is 12.1 Å². The molecule has 0 radical (unpaired) electrons. The van der Waals surface area contributed by atoms with E-state index < -0.39 is 6.04 Å². The number of carbonyl (C=O) groups excluding carboxylic acids is 2. The minimum atomic E-state index is -0.498. The first-order chi connectivity index (χ1) is 17.3. The zero-order valence-corrected chi connectivity index (χ0v) is 22.7. The van der Waals surface area contributed by atoms with E-state index in [-0.39, 0.29) is 11.8 Å². The monoisotopic (exact) mass is 493 g/mol. The number of hydrogen-bond acceptors (Lipinski definition) is 3. The van der Waals surface area contributed by atoms with Crippen molar-refractivity contribution >= 4 is 11.8 Å². The van der Waals surface area contributed by atoms with Gasteiger partial charge < -0.3 is 15.5 Å². The molecule has 1 aromatic rings. The summed E-state index contributed by atoms with van der Waals surface area (Å²) < 4.78 is 0. The minimum absolute atomic E-state index is 0.0624. The third-order valence-electron chi connectivity index (χ3n) is 9.73. The van der Waals surface area contributed by atoms with Gasteiger partial charge >= 0.3 is 0 Å². The van der Waals surface area contributed by atoms with Crippen LogP contribution in [0.3, 0.4) is 0 Å². The first kappa shape index (κ1) is 25.8. The van der Waals surface area contributed by atoms with Gasteiger partial charge in [0.1, 0.15) is 6.04 Å². The van der Waals surface area contributed by atoms with Crippen LogP contribution in [0.1, 0.15) is 94.5 Å². The van der Waals surface area contributed by atoms with E-state index in [0.29, 0.717) is 29.9 Å². The first-order valence-corrected chi connectivity index (χ1v) is 14.7. The number of piperidine rings is 1. The van der Waals surface area contributed by atoms with Crippen LogP contribution in [0.2, 0.25) is 0 Å². The zero-order valence-electron chi connectivity index (χ0n) is 22.7. The molecule has 1 saturated heterocycles. The van der Waals surface area contributed by atoms with Crippen molar-refractivity contribution in [2.45, 2.75) is 90.0 Å². The Morgan fingerprint density at radius 2 is 1.56 bits per heavy atom. The Morgan fingerprint density at radius 3 is 2.11 bits per heavy atom. The van der Waals surface area contributed by atoms with Gasteiger partial charge in [0.15, 0.2) is 0 Å². The van der Waals surface area contributed by atoms with Crippen LogP contribution in [0, 0.1) is 29.6 Å². The van der Waals surface area contributed by atoms with Crippen molar-refractivity contribution in [2.75, 3.05) is 26.2 Å². The van der Waals surface area contributed by atoms with Crippen LogP contribution in [-0.4, -0.2) is 48.9 Å². The van der Waals surface area contributed by atoms with Crippen molar-refractivity contribution < 1.29 is 9.59 Å². The number of rotatable bonds is 9. The third-order valence-corrected chi connectivity index (χ3v) is 9.73. The largest absolute Gasteiger partial charge is 0.353 e. The Bertz CT molecular complexity index is 881. The van der Waals surface area contributed by atoms with Crippen molar-refractivity contribution in [3.05, 3.63) is 35.4 Å². The average molecular weight is 494 g/mol. The summed E-state index contributed by atoms with van der Waals surface area (Å²) in [6.07, 6.45) is 11.4. The topological polar surface area (TPSA) is 61.4 Å². The van der Waals surface area contributed by atoms with Gasteiger partial charge in [-0.15, -0.1) is 0 Å². The lowest BCUT2D eigenvalue weighted by atomic mass is 9.48. The molecule has 36 heavy (non-hydrogen) atoms. The molecule has 5 heteroatoms. The quantitative estimate of drug-likeness (QED) is 0.500. The van der Waals surface area contributed by atoms with Gasteiger partial charge in [0, 0.05) is 18.7 Å². The van der Waals surface area contributed by atoms with Crippen LogP contribution >= 0.6 is 0 Å². The Morgan fingerprint density at radius 1 is 0.972 bits per heavy atom. The third kappa shape index (κ3) is 5.82. The minimum Gasteiger partial charge on any atom is -0.353 e. The second-order valence-electron chi connectivity index (χ2n) is 13.2. The van der Waals surface area contributed by atoms with Gasteiger partial charge in [0.25, 0.3) is 5.91 Å². The molecule has 1 aliphatic heterocycles. The molecule has 2 N–H and O–H groups in total. The predicted octanol–water partition coefficient (Wildman–Crippen LogP) is 5.15. The number of benzene rings is 1. The van der Waals surface area contributed by atoms with E-state index >= 15 is 0 Å². The Hall–Kier alpha value is -1.88. The molecule has 6 rings (SSSR count). The maximum absolute atomic E-state index is 13.2. The highest BCUT2D eigenvalue weighted by molar-refractivity contribution is 5.97. The molecule has 2 amide bonds. The van der Waals surface area contributed by atoms with Crippen molar-refractivity contribution in [3.63, 3.8) is 0 Å². The molecule has 4 aliphatic carbocycles. The second kappa shape index (κ2) is 10.8. The van der Waals surface area contributed by atoms with E-state index in [2.05, 4.69) is 48.4 Å². The molecule has 0 spiro atoms. The van der Waals surface area contributed by atoms with E-state index in [9.17, 15) is 9.59 Å². The van der Waals surface area contributed by atoms with Crippen LogP contribution in [0.15, 0.2) is 24.3 Å². The van der Waals surface area contributed by atoms with Crippen molar-refractivity contribution in [3.8, 4) is 0 Å². The normalized spacial score (nSPS) is 30.9. The van der Waals surface area contributed by atoms with Gasteiger partial charge in [-0.05, 0) is 124 Å². The van der Waals surface area contributed by atoms with Gasteiger partial charge in [-0.2, -0.15) is 0 Å². The number of carbonyl (C=O) groups is 2. The van der Waals surface area contributed by atoms with Gasteiger partial charge in [-0.25, -0.2) is 0 Å². The highest BCUT2D eigenvalue weighted by atomic mass is 16.2. The average Bonchev–Trinajstić information content (AvgIpc) is 2.84. The summed E-state index contributed by atoms with van der Waals surface area (Å²) in [4.78, 5) is 28.6. The molecule has 4 saturated carbocycles. The first-order valence-electron chi connectivity index (χ1n) is 14.7.